The van der Waals surface area contributed by atoms with Crippen LogP contribution >= 0.6 is 0 Å². The molecule has 35 heavy (non-hydrogen) atoms. The minimum Gasteiger partial charge on any atom is -0.508 e. The molecule has 0 spiro atoms. The van der Waals surface area contributed by atoms with Crippen LogP contribution in [0.3, 0.4) is 0 Å². The molecule has 2 aliphatic rings. The predicted molar refractivity (Wildman–Crippen MR) is 119 cm³/mol. The molecule has 0 unspecified atom stereocenters. The summed E-state index contributed by atoms with van der Waals surface area (Å²) in [5.74, 6) is -0.823. The van der Waals surface area contributed by atoms with Crippen LogP contribution in [0.15, 0.2) is 48.5 Å². The molecular weight excluding hydrogens is 460 g/mol. The van der Waals surface area contributed by atoms with Crippen molar-refractivity contribution >= 4 is 5.78 Å². The molecule has 2 heterocycles. The normalized spacial score (nSPS) is 22.8. The molecule has 0 saturated heterocycles. The van der Waals surface area contributed by atoms with Crippen LogP contribution in [-0.4, -0.2) is 57.2 Å². The van der Waals surface area contributed by atoms with Crippen LogP contribution in [0.4, 0.5) is 0 Å². The molecule has 3 aromatic rings. The zero-order chi connectivity index (χ0) is 24.9. The molecule has 0 aliphatic carbocycles. The van der Waals surface area contributed by atoms with Gasteiger partial charge in [-0.2, -0.15) is 0 Å². The number of aliphatic hydroxyl groups excluding tert-OH is 2. The van der Waals surface area contributed by atoms with E-state index >= 15 is 0 Å². The third-order valence-corrected chi connectivity index (χ3v) is 6.00. The molecule has 182 valence electrons. The number of hydrogen-bond acceptors (Lipinski definition) is 10. The molecule has 4 atom stereocenters. The second-order valence-electron chi connectivity index (χ2n) is 8.20. The van der Waals surface area contributed by atoms with Gasteiger partial charge in [0, 0.05) is 17.7 Å². The van der Waals surface area contributed by atoms with E-state index in [9.17, 15) is 30.3 Å². The molecule has 10 nitrogen and oxygen atoms in total. The summed E-state index contributed by atoms with van der Waals surface area (Å²) in [5, 5.41) is 50.2. The molecule has 5 rings (SSSR count). The number of carbonyl (C=O) groups is 1. The van der Waals surface area contributed by atoms with Crippen molar-refractivity contribution in [1.82, 2.24) is 0 Å². The van der Waals surface area contributed by atoms with Crippen molar-refractivity contribution in [1.29, 1.82) is 0 Å². The maximum absolute atomic E-state index is 12.7. The van der Waals surface area contributed by atoms with Gasteiger partial charge in [-0.15, -0.1) is 0 Å². The summed E-state index contributed by atoms with van der Waals surface area (Å²) < 4.78 is 23.0. The topological polar surface area (TPSA) is 155 Å². The van der Waals surface area contributed by atoms with Gasteiger partial charge in [-0.05, 0) is 29.8 Å². The van der Waals surface area contributed by atoms with E-state index in [1.54, 1.807) is 30.3 Å². The summed E-state index contributed by atoms with van der Waals surface area (Å²) in [6, 6.07) is 11.5. The van der Waals surface area contributed by atoms with Gasteiger partial charge in [0.2, 0.25) is 5.78 Å². The number of carbonyl (C=O) groups excluding carboxylic acids is 1. The molecule has 0 radical (unpaired) electrons. The Hall–Kier alpha value is -4.15. The number of methoxy groups -OCH3 is 1. The molecule has 0 amide bonds. The van der Waals surface area contributed by atoms with Crippen LogP contribution < -0.4 is 18.9 Å². The van der Waals surface area contributed by atoms with Crippen molar-refractivity contribution < 1.29 is 49.3 Å². The van der Waals surface area contributed by atoms with E-state index in [0.717, 1.165) is 6.07 Å². The van der Waals surface area contributed by atoms with Gasteiger partial charge in [-0.3, -0.25) is 4.79 Å². The summed E-state index contributed by atoms with van der Waals surface area (Å²) in [7, 11) is 1.41. The first-order valence-electron chi connectivity index (χ1n) is 10.7. The molecule has 2 aliphatic heterocycles. The average Bonchev–Trinajstić information content (AvgIpc) is 2.85. The smallest absolute Gasteiger partial charge is 0.202 e. The number of phenols is 3. The van der Waals surface area contributed by atoms with Crippen molar-refractivity contribution in [2.75, 3.05) is 13.7 Å². The Labute approximate surface area is 199 Å². The Kier molecular flexibility index (Phi) is 5.54. The highest BCUT2D eigenvalue weighted by atomic mass is 16.6. The molecule has 3 aromatic carbocycles. The number of rotatable bonds is 4. The second-order valence-corrected chi connectivity index (χ2v) is 8.20. The fourth-order valence-electron chi connectivity index (χ4n) is 4.28. The number of benzene rings is 3. The lowest BCUT2D eigenvalue weighted by atomic mass is 9.92. The molecule has 0 saturated carbocycles. The van der Waals surface area contributed by atoms with Gasteiger partial charge in [-0.1, -0.05) is 12.1 Å². The Morgan fingerprint density at radius 2 is 1.54 bits per heavy atom. The quantitative estimate of drug-likeness (QED) is 0.374. The number of phenolic OH excluding ortho intramolecular Hbond substituents is 3. The SMILES string of the molecule is COc1cc([C@H]2Oc3cc([C@H]4Oc5cc(O)cc(O)c5C(=O)[C@H]4O)ccc3O[C@H]2CO)ccc1O. The summed E-state index contributed by atoms with van der Waals surface area (Å²) in [6.07, 6.45) is -4.28. The minimum absolute atomic E-state index is 0.0540. The van der Waals surface area contributed by atoms with E-state index in [1.807, 2.05) is 0 Å². The Bertz CT molecular complexity index is 1300. The predicted octanol–water partition coefficient (Wildman–Crippen LogP) is 2.36. The molecule has 0 aromatic heterocycles. The standard InChI is InChI=1S/C25H22O10/c1-32-17-6-11(2-4-14(17)28)24-20(10-26)33-16-5-3-12(7-18(16)34-24)25-23(31)22(30)21-15(29)8-13(27)9-19(21)35-25/h2-9,20,23-29,31H,10H2,1H3/t20-,23+,24+,25+/m0/s1. The zero-order valence-corrected chi connectivity index (χ0v) is 18.4. The number of aliphatic hydroxyl groups is 2. The number of hydrogen-bond donors (Lipinski definition) is 5. The van der Waals surface area contributed by atoms with Crippen molar-refractivity contribution in [3.05, 3.63) is 65.2 Å². The molecule has 0 bridgehead atoms. The van der Waals surface area contributed by atoms with Crippen LogP contribution in [0.5, 0.6) is 40.2 Å². The Morgan fingerprint density at radius 3 is 2.29 bits per heavy atom. The van der Waals surface area contributed by atoms with E-state index in [4.69, 9.17) is 18.9 Å². The third kappa shape index (κ3) is 3.82. The van der Waals surface area contributed by atoms with Gasteiger partial charge in [0.1, 0.15) is 22.8 Å². The van der Waals surface area contributed by atoms with Crippen molar-refractivity contribution in [3.63, 3.8) is 0 Å². The molecule has 5 N–H and O–H groups in total. The van der Waals surface area contributed by atoms with Crippen LogP contribution in [0.25, 0.3) is 0 Å². The van der Waals surface area contributed by atoms with Crippen LogP contribution in [0.1, 0.15) is 33.7 Å². The zero-order valence-electron chi connectivity index (χ0n) is 18.4. The van der Waals surface area contributed by atoms with Gasteiger partial charge in [0.05, 0.1) is 13.7 Å². The highest BCUT2D eigenvalue weighted by Gasteiger charge is 2.40. The summed E-state index contributed by atoms with van der Waals surface area (Å²) >= 11 is 0. The first kappa shape index (κ1) is 22.6. The first-order valence-corrected chi connectivity index (χ1v) is 10.7. The lowest BCUT2D eigenvalue weighted by molar-refractivity contribution is -0.0130. The van der Waals surface area contributed by atoms with E-state index in [-0.39, 0.29) is 40.9 Å². The van der Waals surface area contributed by atoms with E-state index < -0.39 is 35.9 Å². The largest absolute Gasteiger partial charge is 0.508 e. The highest BCUT2D eigenvalue weighted by Crippen LogP contribution is 2.45. The van der Waals surface area contributed by atoms with Crippen LogP contribution in [-0.2, 0) is 0 Å². The summed E-state index contributed by atoms with van der Waals surface area (Å²) in [4.78, 5) is 12.7. The number of fused-ring (bicyclic) bond motifs is 2. The molecule has 10 heteroatoms. The molecular formula is C25H22O10. The number of ketones is 1. The van der Waals surface area contributed by atoms with Gasteiger partial charge < -0.3 is 44.5 Å². The van der Waals surface area contributed by atoms with Crippen molar-refractivity contribution in [3.8, 4) is 40.2 Å². The van der Waals surface area contributed by atoms with E-state index in [0.29, 0.717) is 16.9 Å². The maximum Gasteiger partial charge on any atom is 0.202 e. The van der Waals surface area contributed by atoms with Gasteiger partial charge in [0.15, 0.2) is 47.4 Å². The summed E-state index contributed by atoms with van der Waals surface area (Å²) in [6.45, 7) is -0.349. The van der Waals surface area contributed by atoms with Crippen molar-refractivity contribution in [2.45, 2.75) is 24.4 Å². The Morgan fingerprint density at radius 1 is 0.829 bits per heavy atom. The Balaban J connectivity index is 1.49. The number of Topliss-reactive ketones (excluding diaryl/α,β-unsaturated/α-hetero) is 1. The monoisotopic (exact) mass is 482 g/mol. The average molecular weight is 482 g/mol. The first-order chi connectivity index (χ1) is 16.8. The van der Waals surface area contributed by atoms with Crippen LogP contribution in [0, 0.1) is 0 Å². The number of aromatic hydroxyl groups is 3. The molecule has 0 fully saturated rings. The van der Waals surface area contributed by atoms with Crippen molar-refractivity contribution in [2.24, 2.45) is 0 Å². The number of ether oxygens (including phenoxy) is 4. The maximum atomic E-state index is 12.7. The van der Waals surface area contributed by atoms with Gasteiger partial charge >= 0.3 is 0 Å². The second kappa shape index (κ2) is 8.57. The third-order valence-electron chi connectivity index (χ3n) is 6.00. The lowest BCUT2D eigenvalue weighted by Gasteiger charge is -2.35. The highest BCUT2D eigenvalue weighted by molar-refractivity contribution is 6.05. The van der Waals surface area contributed by atoms with Gasteiger partial charge in [-0.25, -0.2) is 0 Å². The van der Waals surface area contributed by atoms with Gasteiger partial charge in [0.25, 0.3) is 0 Å². The van der Waals surface area contributed by atoms with E-state index in [1.165, 1.54) is 19.2 Å². The lowest BCUT2D eigenvalue weighted by Crippen LogP contribution is -2.37. The summed E-state index contributed by atoms with van der Waals surface area (Å²) in [5.41, 5.74) is 0.751. The fraction of sp³-hybridized carbons (Fsp3) is 0.240. The van der Waals surface area contributed by atoms with E-state index in [2.05, 4.69) is 0 Å². The fourth-order valence-corrected chi connectivity index (χ4v) is 4.28. The van der Waals surface area contributed by atoms with Crippen LogP contribution in [0.2, 0.25) is 0 Å². The minimum atomic E-state index is -1.62.